The van der Waals surface area contributed by atoms with Crippen LogP contribution in [0.25, 0.3) is 0 Å². The molecule has 150 valence electrons. The average molecular weight is 376 g/mol. The minimum atomic E-state index is -0.669. The van der Waals surface area contributed by atoms with Gasteiger partial charge in [0.2, 0.25) is 0 Å². The number of likely N-dealkylation sites (tertiary alicyclic amines) is 1. The summed E-state index contributed by atoms with van der Waals surface area (Å²) in [6.45, 7) is 12.5. The first-order chi connectivity index (χ1) is 12.4. The van der Waals surface area contributed by atoms with E-state index in [9.17, 15) is 14.7 Å². The van der Waals surface area contributed by atoms with Crippen molar-refractivity contribution in [2.45, 2.75) is 73.0 Å². The Balaban J connectivity index is 1.65. The van der Waals surface area contributed by atoms with Gasteiger partial charge in [0.05, 0.1) is 6.10 Å². The fraction of sp³-hybridized carbons (Fsp3) is 0.714. The summed E-state index contributed by atoms with van der Waals surface area (Å²) in [6.07, 6.45) is 2.47. The molecule has 0 radical (unpaired) electrons. The number of ether oxygens (including phenoxy) is 1. The Bertz CT molecular complexity index is 764. The Morgan fingerprint density at radius 3 is 2.56 bits per heavy atom. The largest absolute Gasteiger partial charge is 0.451 e. The van der Waals surface area contributed by atoms with E-state index in [1.54, 1.807) is 13.8 Å². The Kier molecular flexibility index (Phi) is 4.91. The van der Waals surface area contributed by atoms with Crippen LogP contribution >= 0.6 is 0 Å². The molecular weight excluding hydrogens is 344 g/mol. The summed E-state index contributed by atoms with van der Waals surface area (Å²) in [5.74, 6) is -0.670. The summed E-state index contributed by atoms with van der Waals surface area (Å²) < 4.78 is 5.32. The van der Waals surface area contributed by atoms with E-state index in [-0.39, 0.29) is 29.4 Å². The van der Waals surface area contributed by atoms with Crippen LogP contribution in [0.5, 0.6) is 0 Å². The van der Waals surface area contributed by atoms with Gasteiger partial charge in [0.15, 0.2) is 6.61 Å². The molecule has 1 saturated carbocycles. The third-order valence-corrected chi connectivity index (χ3v) is 6.18. The van der Waals surface area contributed by atoms with Crippen LogP contribution in [-0.4, -0.2) is 46.1 Å². The second-order valence-electron chi connectivity index (χ2n) is 9.65. The molecule has 1 amide bonds. The van der Waals surface area contributed by atoms with Gasteiger partial charge in [-0.15, -0.1) is 0 Å². The standard InChI is InChI=1S/C21H32N2O4/c1-12-17(14(3)24)13(2)22-18(12)19(26)27-9-16(25)23-11-21(6)8-15(23)7-20(4,5)10-21/h14-15,22,24H,7-11H2,1-6H3/t14-,15+,21+/m1/s1. The van der Waals surface area contributed by atoms with Crippen LogP contribution in [0.4, 0.5) is 0 Å². The topological polar surface area (TPSA) is 82.6 Å². The molecule has 6 nitrogen and oxygen atoms in total. The maximum absolute atomic E-state index is 12.7. The second kappa shape index (κ2) is 6.66. The smallest absolute Gasteiger partial charge is 0.355 e. The molecule has 2 fully saturated rings. The van der Waals surface area contributed by atoms with E-state index in [0.29, 0.717) is 16.8 Å². The lowest BCUT2D eigenvalue weighted by Crippen LogP contribution is -2.39. The molecule has 2 aliphatic rings. The number of carbonyl (C=O) groups excluding carboxylic acids is 2. The first-order valence-electron chi connectivity index (χ1n) is 9.76. The fourth-order valence-corrected chi connectivity index (χ4v) is 5.63. The number of rotatable bonds is 4. The van der Waals surface area contributed by atoms with Gasteiger partial charge in [0.25, 0.3) is 5.91 Å². The number of aliphatic hydroxyl groups excluding tert-OH is 1. The molecule has 27 heavy (non-hydrogen) atoms. The quantitative estimate of drug-likeness (QED) is 0.790. The van der Waals surface area contributed by atoms with Crippen LogP contribution in [0.3, 0.4) is 0 Å². The third-order valence-electron chi connectivity index (χ3n) is 6.18. The van der Waals surface area contributed by atoms with Gasteiger partial charge in [-0.1, -0.05) is 20.8 Å². The number of aliphatic hydroxyl groups is 1. The van der Waals surface area contributed by atoms with Crippen LogP contribution in [-0.2, 0) is 9.53 Å². The zero-order chi connectivity index (χ0) is 20.1. The van der Waals surface area contributed by atoms with E-state index in [2.05, 4.69) is 25.8 Å². The number of hydrogen-bond donors (Lipinski definition) is 2. The molecule has 0 unspecified atom stereocenters. The number of H-pyrrole nitrogens is 1. The number of aryl methyl sites for hydroxylation is 1. The SMILES string of the molecule is Cc1[nH]c(C(=O)OCC(=O)N2C[C@@]3(C)C[C@@H]2CC(C)(C)C3)c(C)c1[C@@H](C)O. The second-order valence-corrected chi connectivity index (χ2v) is 9.65. The van der Waals surface area contributed by atoms with Gasteiger partial charge in [-0.2, -0.15) is 0 Å². The van der Waals surface area contributed by atoms with Crippen LogP contribution in [0.2, 0.25) is 0 Å². The van der Waals surface area contributed by atoms with Crippen molar-refractivity contribution in [3.63, 3.8) is 0 Å². The van der Waals surface area contributed by atoms with Crippen LogP contribution < -0.4 is 0 Å². The number of esters is 1. The number of nitrogens with zero attached hydrogens (tertiary/aromatic N) is 1. The minimum Gasteiger partial charge on any atom is -0.451 e. The van der Waals surface area contributed by atoms with Gasteiger partial charge in [0.1, 0.15) is 5.69 Å². The number of nitrogens with one attached hydrogen (secondary N) is 1. The highest BCUT2D eigenvalue weighted by Crippen LogP contribution is 2.52. The van der Waals surface area contributed by atoms with E-state index in [4.69, 9.17) is 4.74 Å². The van der Waals surface area contributed by atoms with Crippen molar-refractivity contribution in [1.29, 1.82) is 0 Å². The Morgan fingerprint density at radius 1 is 1.30 bits per heavy atom. The lowest BCUT2D eigenvalue weighted by molar-refractivity contribution is -0.135. The summed E-state index contributed by atoms with van der Waals surface area (Å²) in [4.78, 5) is 30.1. The molecule has 1 saturated heterocycles. The first-order valence-corrected chi connectivity index (χ1v) is 9.76. The fourth-order valence-electron chi connectivity index (χ4n) is 5.63. The predicted octanol–water partition coefficient (Wildman–Crippen LogP) is 3.27. The van der Waals surface area contributed by atoms with Crippen molar-refractivity contribution < 1.29 is 19.4 Å². The van der Waals surface area contributed by atoms with Crippen molar-refractivity contribution >= 4 is 11.9 Å². The summed E-state index contributed by atoms with van der Waals surface area (Å²) in [6, 6.07) is 0.237. The number of aromatic nitrogens is 1. The lowest BCUT2D eigenvalue weighted by Gasteiger charge is -2.39. The molecule has 3 atom stereocenters. The number of hydrogen-bond acceptors (Lipinski definition) is 4. The van der Waals surface area contributed by atoms with Gasteiger partial charge >= 0.3 is 5.97 Å². The molecule has 1 aromatic heterocycles. The summed E-state index contributed by atoms with van der Waals surface area (Å²) >= 11 is 0. The van der Waals surface area contributed by atoms with Crippen molar-refractivity contribution in [1.82, 2.24) is 9.88 Å². The molecule has 1 aromatic rings. The van der Waals surface area contributed by atoms with Gasteiger partial charge < -0.3 is 19.7 Å². The maximum Gasteiger partial charge on any atom is 0.355 e. The van der Waals surface area contributed by atoms with Gasteiger partial charge in [-0.05, 0) is 56.4 Å². The molecule has 6 heteroatoms. The van der Waals surface area contributed by atoms with E-state index in [1.165, 1.54) is 0 Å². The van der Waals surface area contributed by atoms with Gasteiger partial charge in [-0.3, -0.25) is 4.79 Å². The minimum absolute atomic E-state index is 0.119. The highest BCUT2D eigenvalue weighted by molar-refractivity contribution is 5.91. The summed E-state index contributed by atoms with van der Waals surface area (Å²) in [5.41, 5.74) is 2.82. The highest BCUT2D eigenvalue weighted by Gasteiger charge is 2.50. The monoisotopic (exact) mass is 376 g/mol. The zero-order valence-electron chi connectivity index (χ0n) is 17.3. The van der Waals surface area contributed by atoms with Crippen molar-refractivity contribution in [2.75, 3.05) is 13.2 Å². The predicted molar refractivity (Wildman–Crippen MR) is 102 cm³/mol. The van der Waals surface area contributed by atoms with Crippen molar-refractivity contribution in [3.8, 4) is 0 Å². The number of aromatic amines is 1. The summed E-state index contributed by atoms with van der Waals surface area (Å²) in [5, 5.41) is 9.86. The number of carbonyl (C=O) groups is 2. The summed E-state index contributed by atoms with van der Waals surface area (Å²) in [7, 11) is 0. The normalized spacial score (nSPS) is 27.5. The van der Waals surface area contributed by atoms with Crippen molar-refractivity contribution in [3.05, 3.63) is 22.5 Å². The Morgan fingerprint density at radius 2 is 1.96 bits per heavy atom. The Hall–Kier alpha value is -1.82. The van der Waals surface area contributed by atoms with E-state index >= 15 is 0 Å². The number of fused-ring (bicyclic) bond motifs is 2. The molecule has 3 rings (SSSR count). The molecule has 1 aliphatic heterocycles. The first kappa shape index (κ1) is 19.9. The third kappa shape index (κ3) is 3.77. The van der Waals surface area contributed by atoms with E-state index in [0.717, 1.165) is 31.5 Å². The van der Waals surface area contributed by atoms with Crippen LogP contribution in [0.15, 0.2) is 0 Å². The molecule has 0 spiro atoms. The zero-order valence-corrected chi connectivity index (χ0v) is 17.3. The molecule has 2 bridgehead atoms. The average Bonchev–Trinajstić information content (AvgIpc) is 2.96. The lowest BCUT2D eigenvalue weighted by atomic mass is 9.65. The maximum atomic E-state index is 12.7. The van der Waals surface area contributed by atoms with E-state index in [1.807, 2.05) is 11.8 Å². The number of amides is 1. The van der Waals surface area contributed by atoms with E-state index < -0.39 is 12.1 Å². The molecule has 0 aromatic carbocycles. The molecule has 2 N–H and O–H groups in total. The highest BCUT2D eigenvalue weighted by atomic mass is 16.5. The van der Waals surface area contributed by atoms with Gasteiger partial charge in [0, 0.05) is 23.8 Å². The molecule has 2 heterocycles. The molecular formula is C21H32N2O4. The van der Waals surface area contributed by atoms with Gasteiger partial charge in [-0.25, -0.2) is 4.79 Å². The van der Waals surface area contributed by atoms with Crippen LogP contribution in [0.1, 0.15) is 80.4 Å². The molecule has 1 aliphatic carbocycles. The Labute approximate surface area is 161 Å². The van der Waals surface area contributed by atoms with Crippen LogP contribution in [0, 0.1) is 24.7 Å². The van der Waals surface area contributed by atoms with Crippen molar-refractivity contribution in [2.24, 2.45) is 10.8 Å².